The number of hydrogen-bond donors (Lipinski definition) is 0. The largest absolute Gasteiger partial charge is 0.256 e. The zero-order chi connectivity index (χ0) is 21.9. The van der Waals surface area contributed by atoms with Crippen molar-refractivity contribution in [1.29, 1.82) is 0 Å². The first kappa shape index (κ1) is 19.0. The minimum Gasteiger partial charge on any atom is -0.256 e. The minimum absolute atomic E-state index is 0.135. The van der Waals surface area contributed by atoms with E-state index in [2.05, 4.69) is 112 Å². The second kappa shape index (κ2) is 6.90. The summed E-state index contributed by atoms with van der Waals surface area (Å²) < 4.78 is 0. The van der Waals surface area contributed by atoms with Gasteiger partial charge in [0.25, 0.3) is 0 Å². The molecule has 6 rings (SSSR count). The summed E-state index contributed by atoms with van der Waals surface area (Å²) in [4.78, 5) is 4.90. The maximum Gasteiger partial charge on any atom is 0.0786 e. The standard InChI is InChI=1S/C31H25N/c1-31(2,3)22-13-15-24-21(18-22)12-14-28-27(24)16-17-32-30(28)29-19-20-8-4-5-9-23(20)25-10-6-7-11-26(25)29/h4-19H,1-3H3. The van der Waals surface area contributed by atoms with Gasteiger partial charge in [-0.25, -0.2) is 0 Å². The van der Waals surface area contributed by atoms with Crippen molar-refractivity contribution >= 4 is 43.1 Å². The number of benzene rings is 5. The molecule has 6 aromatic rings. The molecule has 5 aromatic carbocycles. The monoisotopic (exact) mass is 411 g/mol. The van der Waals surface area contributed by atoms with Crippen LogP contribution < -0.4 is 0 Å². The van der Waals surface area contributed by atoms with Crippen molar-refractivity contribution in [1.82, 2.24) is 4.98 Å². The van der Waals surface area contributed by atoms with Gasteiger partial charge in [0.05, 0.1) is 5.69 Å². The van der Waals surface area contributed by atoms with Crippen LogP contribution >= 0.6 is 0 Å². The lowest BCUT2D eigenvalue weighted by Gasteiger charge is -2.20. The fourth-order valence-corrected chi connectivity index (χ4v) is 4.93. The number of nitrogens with zero attached hydrogens (tertiary/aromatic N) is 1. The second-order valence-electron chi connectivity index (χ2n) is 9.70. The van der Waals surface area contributed by atoms with E-state index >= 15 is 0 Å². The van der Waals surface area contributed by atoms with Crippen molar-refractivity contribution in [3.63, 3.8) is 0 Å². The molecule has 0 spiro atoms. The molecule has 1 nitrogen and oxygen atoms in total. The van der Waals surface area contributed by atoms with Gasteiger partial charge in [-0.2, -0.15) is 0 Å². The predicted molar refractivity (Wildman–Crippen MR) is 138 cm³/mol. The zero-order valence-corrected chi connectivity index (χ0v) is 18.7. The highest BCUT2D eigenvalue weighted by Gasteiger charge is 2.16. The van der Waals surface area contributed by atoms with Crippen LogP contribution in [0.2, 0.25) is 0 Å². The van der Waals surface area contributed by atoms with Gasteiger partial charge in [-0.15, -0.1) is 0 Å². The van der Waals surface area contributed by atoms with Gasteiger partial charge in [0.2, 0.25) is 0 Å². The summed E-state index contributed by atoms with van der Waals surface area (Å²) in [6, 6.07) is 33.1. The topological polar surface area (TPSA) is 12.9 Å². The first-order valence-corrected chi connectivity index (χ1v) is 11.2. The summed E-state index contributed by atoms with van der Waals surface area (Å²) in [5.41, 5.74) is 3.73. The quantitative estimate of drug-likeness (QED) is 0.247. The van der Waals surface area contributed by atoms with E-state index in [9.17, 15) is 0 Å². The molecule has 154 valence electrons. The number of fused-ring (bicyclic) bond motifs is 6. The van der Waals surface area contributed by atoms with Crippen LogP contribution in [0, 0.1) is 0 Å². The number of pyridine rings is 1. The van der Waals surface area contributed by atoms with E-state index in [-0.39, 0.29) is 5.41 Å². The molecule has 0 fully saturated rings. The third kappa shape index (κ3) is 2.89. The molecule has 0 atom stereocenters. The van der Waals surface area contributed by atoms with Crippen molar-refractivity contribution in [3.8, 4) is 11.3 Å². The van der Waals surface area contributed by atoms with Crippen LogP contribution in [0.4, 0.5) is 0 Å². The van der Waals surface area contributed by atoms with Gasteiger partial charge in [-0.05, 0) is 60.8 Å². The Morgan fingerprint density at radius 3 is 1.97 bits per heavy atom. The molecular formula is C31H25N. The summed E-state index contributed by atoms with van der Waals surface area (Å²) in [5.74, 6) is 0. The SMILES string of the molecule is CC(C)(C)c1ccc2c(ccc3c(-c4cc5ccccc5c5ccccc45)nccc32)c1. The number of aromatic nitrogens is 1. The first-order valence-electron chi connectivity index (χ1n) is 11.2. The fraction of sp³-hybridized carbons (Fsp3) is 0.129. The minimum atomic E-state index is 0.135. The van der Waals surface area contributed by atoms with E-state index in [1.54, 1.807) is 0 Å². The zero-order valence-electron chi connectivity index (χ0n) is 18.7. The first-order chi connectivity index (χ1) is 15.5. The molecule has 0 aliphatic heterocycles. The highest BCUT2D eigenvalue weighted by atomic mass is 14.7. The summed E-state index contributed by atoms with van der Waals surface area (Å²) in [7, 11) is 0. The van der Waals surface area contributed by atoms with E-state index in [1.165, 1.54) is 54.2 Å². The van der Waals surface area contributed by atoms with E-state index in [1.807, 2.05) is 6.20 Å². The maximum absolute atomic E-state index is 4.90. The summed E-state index contributed by atoms with van der Waals surface area (Å²) in [5, 5.41) is 10.1. The molecule has 0 N–H and O–H groups in total. The lowest BCUT2D eigenvalue weighted by Crippen LogP contribution is -2.10. The van der Waals surface area contributed by atoms with E-state index < -0.39 is 0 Å². The Bertz CT molecular complexity index is 1650. The second-order valence-corrected chi connectivity index (χ2v) is 9.70. The third-order valence-corrected chi connectivity index (χ3v) is 6.65. The summed E-state index contributed by atoms with van der Waals surface area (Å²) >= 11 is 0. The van der Waals surface area contributed by atoms with Crippen molar-refractivity contribution in [2.45, 2.75) is 26.2 Å². The molecule has 0 radical (unpaired) electrons. The summed E-state index contributed by atoms with van der Waals surface area (Å²) in [6.45, 7) is 6.80. The van der Waals surface area contributed by atoms with Gasteiger partial charge in [0.15, 0.2) is 0 Å². The van der Waals surface area contributed by atoms with Crippen LogP contribution in [-0.4, -0.2) is 4.98 Å². The Labute approximate surface area is 188 Å². The smallest absolute Gasteiger partial charge is 0.0786 e. The van der Waals surface area contributed by atoms with Gasteiger partial charge >= 0.3 is 0 Å². The van der Waals surface area contributed by atoms with Gasteiger partial charge in [0, 0.05) is 17.1 Å². The average molecular weight is 412 g/mol. The average Bonchev–Trinajstić information content (AvgIpc) is 2.82. The van der Waals surface area contributed by atoms with E-state index in [0.29, 0.717) is 0 Å². The molecule has 1 heteroatoms. The van der Waals surface area contributed by atoms with Gasteiger partial charge in [-0.1, -0.05) is 99.6 Å². The van der Waals surface area contributed by atoms with Crippen LogP contribution in [0.15, 0.2) is 97.2 Å². The van der Waals surface area contributed by atoms with Crippen molar-refractivity contribution in [2.75, 3.05) is 0 Å². The molecular weight excluding hydrogens is 386 g/mol. The molecule has 0 aliphatic rings. The maximum atomic E-state index is 4.90. The molecule has 0 saturated heterocycles. The van der Waals surface area contributed by atoms with Crippen LogP contribution in [0.5, 0.6) is 0 Å². The predicted octanol–water partition coefficient (Wildman–Crippen LogP) is 8.66. The molecule has 0 aliphatic carbocycles. The molecule has 0 saturated carbocycles. The van der Waals surface area contributed by atoms with Crippen LogP contribution in [-0.2, 0) is 5.41 Å². The van der Waals surface area contributed by atoms with Crippen molar-refractivity contribution < 1.29 is 0 Å². The van der Waals surface area contributed by atoms with Crippen molar-refractivity contribution in [2.24, 2.45) is 0 Å². The molecule has 0 amide bonds. The number of hydrogen-bond acceptors (Lipinski definition) is 1. The van der Waals surface area contributed by atoms with E-state index in [0.717, 1.165) is 5.69 Å². The molecule has 32 heavy (non-hydrogen) atoms. The van der Waals surface area contributed by atoms with Gasteiger partial charge in [0.1, 0.15) is 0 Å². The Morgan fingerprint density at radius 1 is 0.531 bits per heavy atom. The Balaban J connectivity index is 1.68. The third-order valence-electron chi connectivity index (χ3n) is 6.65. The van der Waals surface area contributed by atoms with Crippen LogP contribution in [0.1, 0.15) is 26.3 Å². The Hall–Kier alpha value is -3.71. The van der Waals surface area contributed by atoms with E-state index in [4.69, 9.17) is 4.98 Å². The highest BCUT2D eigenvalue weighted by Crippen LogP contribution is 2.38. The lowest BCUT2D eigenvalue weighted by atomic mass is 9.85. The lowest BCUT2D eigenvalue weighted by molar-refractivity contribution is 0.591. The summed E-state index contributed by atoms with van der Waals surface area (Å²) in [6.07, 6.45) is 1.96. The van der Waals surface area contributed by atoms with Crippen LogP contribution in [0.3, 0.4) is 0 Å². The molecule has 1 aromatic heterocycles. The van der Waals surface area contributed by atoms with Gasteiger partial charge < -0.3 is 0 Å². The normalized spacial score (nSPS) is 12.2. The van der Waals surface area contributed by atoms with Crippen molar-refractivity contribution in [3.05, 3.63) is 103 Å². The Kier molecular flexibility index (Phi) is 4.10. The molecule has 0 unspecified atom stereocenters. The fourth-order valence-electron chi connectivity index (χ4n) is 4.93. The van der Waals surface area contributed by atoms with Gasteiger partial charge in [-0.3, -0.25) is 4.98 Å². The molecule has 1 heterocycles. The Morgan fingerprint density at radius 2 is 1.16 bits per heavy atom. The molecule has 0 bridgehead atoms. The van der Waals surface area contributed by atoms with Crippen LogP contribution in [0.25, 0.3) is 54.3 Å². The number of rotatable bonds is 1. The highest BCUT2D eigenvalue weighted by molar-refractivity contribution is 6.18.